The Morgan fingerprint density at radius 3 is 2.93 bits per heavy atom. The van der Waals surface area contributed by atoms with E-state index < -0.39 is 10.8 Å². The number of halogens is 1. The summed E-state index contributed by atoms with van der Waals surface area (Å²) in [7, 11) is -1.03. The van der Waals surface area contributed by atoms with Gasteiger partial charge in [0.25, 0.3) is 0 Å². The van der Waals surface area contributed by atoms with E-state index in [1.807, 2.05) is 13.0 Å². The number of aromatic hydroxyl groups is 1. The summed E-state index contributed by atoms with van der Waals surface area (Å²) in [6.45, 7) is 4.13. The molecule has 0 aromatic heterocycles. The Kier molecular flexibility index (Phi) is 3.07. The highest BCUT2D eigenvalue weighted by atomic mass is 127. The van der Waals surface area contributed by atoms with Crippen LogP contribution in [-0.4, -0.2) is 15.1 Å². The molecule has 0 saturated heterocycles. The van der Waals surface area contributed by atoms with Crippen LogP contribution >= 0.6 is 22.6 Å². The Morgan fingerprint density at radius 1 is 1.60 bits per heavy atom. The Balaban J connectivity index is 2.69. The molecule has 1 unspecified atom stereocenters. The number of hydrogen-bond donors (Lipinski definition) is 1. The average Bonchev–Trinajstić information content (AvgIpc) is 2.13. The molecular weight excluding hydrogens is 323 g/mol. The summed E-state index contributed by atoms with van der Waals surface area (Å²) < 4.78 is 12.8. The molecule has 1 heterocycles. The molecule has 2 atom stereocenters. The van der Waals surface area contributed by atoms with E-state index in [0.29, 0.717) is 16.6 Å². The summed E-state index contributed by atoms with van der Waals surface area (Å²) in [6, 6.07) is 1.96. The Labute approximate surface area is 106 Å². The second kappa shape index (κ2) is 4.05. The van der Waals surface area contributed by atoms with E-state index in [1.54, 1.807) is 0 Å². The van der Waals surface area contributed by atoms with Crippen LogP contribution in [0.5, 0.6) is 5.75 Å². The minimum absolute atomic E-state index is 0.224. The van der Waals surface area contributed by atoms with E-state index >= 15 is 0 Å². The van der Waals surface area contributed by atoms with Gasteiger partial charge in [-0.2, -0.15) is 0 Å². The maximum atomic E-state index is 12.0. The van der Waals surface area contributed by atoms with Crippen LogP contribution < -0.4 is 0 Å². The first-order chi connectivity index (χ1) is 7.00. The van der Waals surface area contributed by atoms with E-state index in [2.05, 4.69) is 29.5 Å². The predicted octanol–water partition coefficient (Wildman–Crippen LogP) is 2.61. The lowest BCUT2D eigenvalue weighted by Crippen LogP contribution is -2.20. The minimum Gasteiger partial charge on any atom is -0.506 e. The van der Waals surface area contributed by atoms with Crippen molar-refractivity contribution in [1.29, 1.82) is 0 Å². The molecule has 0 radical (unpaired) electrons. The van der Waals surface area contributed by atoms with Crippen LogP contribution in [0.3, 0.4) is 0 Å². The molecule has 0 spiro atoms. The third-order valence-electron chi connectivity index (χ3n) is 2.75. The second-order valence-corrected chi connectivity index (χ2v) is 6.75. The Hall–Kier alpha value is -0.100. The maximum Gasteiger partial charge on any atom is 0.145 e. The number of aryl methyl sites for hydroxylation is 1. The third kappa shape index (κ3) is 1.93. The second-order valence-electron chi connectivity index (χ2n) is 4.15. The highest BCUT2D eigenvalue weighted by Gasteiger charge is 2.26. The number of phenols is 1. The summed E-state index contributed by atoms with van der Waals surface area (Å²) in [4.78, 5) is 0.678. The lowest BCUT2D eigenvalue weighted by atomic mass is 9.97. The monoisotopic (exact) mass is 336 g/mol. The minimum atomic E-state index is -1.03. The van der Waals surface area contributed by atoms with Crippen molar-refractivity contribution in [2.75, 3.05) is 5.75 Å². The van der Waals surface area contributed by atoms with Crippen molar-refractivity contribution in [3.05, 3.63) is 20.8 Å². The lowest BCUT2D eigenvalue weighted by molar-refractivity contribution is 0.451. The standard InChI is InChI=1S/C11H13IO2S/c1-6-3-8-7(2)4-9(12)10(13)11(8)15(14)5-6/h4,6,13H,3,5H2,1-2H3/t6?,15-/m0/s1. The molecule has 1 aromatic carbocycles. The van der Waals surface area contributed by atoms with E-state index in [1.165, 1.54) is 0 Å². The summed E-state index contributed by atoms with van der Waals surface area (Å²) in [5, 5.41) is 9.92. The summed E-state index contributed by atoms with van der Waals surface area (Å²) in [6.07, 6.45) is 0.928. The van der Waals surface area contributed by atoms with E-state index in [0.717, 1.165) is 21.1 Å². The van der Waals surface area contributed by atoms with E-state index in [4.69, 9.17) is 0 Å². The molecule has 4 heteroatoms. The largest absolute Gasteiger partial charge is 0.506 e. The van der Waals surface area contributed by atoms with Crippen molar-refractivity contribution in [3.8, 4) is 5.75 Å². The Morgan fingerprint density at radius 2 is 2.27 bits per heavy atom. The molecule has 2 rings (SSSR count). The summed E-state index contributed by atoms with van der Waals surface area (Å²) >= 11 is 2.09. The van der Waals surface area contributed by atoms with Gasteiger partial charge in [-0.15, -0.1) is 0 Å². The molecule has 1 N–H and O–H groups in total. The SMILES string of the molecule is Cc1cc(I)c(O)c2c1CC(C)C[S@@]2=O. The van der Waals surface area contributed by atoms with Crippen LogP contribution in [0.2, 0.25) is 0 Å². The average molecular weight is 336 g/mol. The molecule has 0 aliphatic carbocycles. The van der Waals surface area contributed by atoms with Crippen LogP contribution in [0.1, 0.15) is 18.1 Å². The maximum absolute atomic E-state index is 12.0. The van der Waals surface area contributed by atoms with Gasteiger partial charge in [-0.05, 0) is 59.0 Å². The summed E-state index contributed by atoms with van der Waals surface area (Å²) in [5.74, 6) is 1.33. The van der Waals surface area contributed by atoms with Gasteiger partial charge in [0.15, 0.2) is 0 Å². The molecule has 15 heavy (non-hydrogen) atoms. The molecule has 1 aliphatic rings. The Bertz CT molecular complexity index is 443. The first-order valence-corrected chi connectivity index (χ1v) is 7.29. The van der Waals surface area contributed by atoms with Crippen molar-refractivity contribution >= 4 is 33.4 Å². The van der Waals surface area contributed by atoms with Gasteiger partial charge in [-0.25, -0.2) is 0 Å². The van der Waals surface area contributed by atoms with Gasteiger partial charge in [0.1, 0.15) is 5.75 Å². The molecule has 1 aromatic rings. The van der Waals surface area contributed by atoms with Crippen LogP contribution in [0.4, 0.5) is 0 Å². The number of rotatable bonds is 0. The van der Waals surface area contributed by atoms with Gasteiger partial charge >= 0.3 is 0 Å². The zero-order valence-electron chi connectivity index (χ0n) is 8.71. The number of phenolic OH excluding ortho intramolecular Hbond substituents is 1. The topological polar surface area (TPSA) is 37.3 Å². The van der Waals surface area contributed by atoms with Crippen molar-refractivity contribution < 1.29 is 9.32 Å². The highest BCUT2D eigenvalue weighted by Crippen LogP contribution is 2.37. The fraction of sp³-hybridized carbons (Fsp3) is 0.455. The quantitative estimate of drug-likeness (QED) is 0.740. The van der Waals surface area contributed by atoms with Gasteiger partial charge in [0.05, 0.1) is 19.3 Å². The molecule has 0 bridgehead atoms. The molecule has 82 valence electrons. The molecule has 1 aliphatic heterocycles. The molecule has 0 fully saturated rings. The van der Waals surface area contributed by atoms with Gasteiger partial charge in [0.2, 0.25) is 0 Å². The van der Waals surface area contributed by atoms with Crippen LogP contribution in [-0.2, 0) is 17.2 Å². The normalized spacial score (nSPS) is 25.0. The number of hydrogen-bond acceptors (Lipinski definition) is 2. The predicted molar refractivity (Wildman–Crippen MR) is 69.7 cm³/mol. The zero-order valence-corrected chi connectivity index (χ0v) is 11.7. The van der Waals surface area contributed by atoms with Crippen LogP contribution in [0, 0.1) is 16.4 Å². The highest BCUT2D eigenvalue weighted by molar-refractivity contribution is 14.1. The number of fused-ring (bicyclic) bond motifs is 1. The van der Waals surface area contributed by atoms with E-state index in [-0.39, 0.29) is 5.75 Å². The van der Waals surface area contributed by atoms with Gasteiger partial charge in [-0.1, -0.05) is 6.92 Å². The number of benzene rings is 1. The van der Waals surface area contributed by atoms with Gasteiger partial charge < -0.3 is 5.11 Å². The zero-order chi connectivity index (χ0) is 11.2. The van der Waals surface area contributed by atoms with Crippen molar-refractivity contribution in [2.45, 2.75) is 25.2 Å². The van der Waals surface area contributed by atoms with Crippen LogP contribution in [0.15, 0.2) is 11.0 Å². The van der Waals surface area contributed by atoms with Gasteiger partial charge in [-0.3, -0.25) is 4.21 Å². The fourth-order valence-corrected chi connectivity index (χ4v) is 4.59. The van der Waals surface area contributed by atoms with Crippen molar-refractivity contribution in [3.63, 3.8) is 0 Å². The van der Waals surface area contributed by atoms with Crippen LogP contribution in [0.25, 0.3) is 0 Å². The van der Waals surface area contributed by atoms with Crippen molar-refractivity contribution in [1.82, 2.24) is 0 Å². The molecular formula is C11H13IO2S. The summed E-state index contributed by atoms with van der Waals surface area (Å²) in [5.41, 5.74) is 2.23. The smallest absolute Gasteiger partial charge is 0.145 e. The first kappa shape index (κ1) is 11.4. The third-order valence-corrected chi connectivity index (χ3v) is 5.34. The van der Waals surface area contributed by atoms with E-state index in [9.17, 15) is 9.32 Å². The van der Waals surface area contributed by atoms with Crippen molar-refractivity contribution in [2.24, 2.45) is 5.92 Å². The molecule has 2 nitrogen and oxygen atoms in total. The van der Waals surface area contributed by atoms with Gasteiger partial charge in [0, 0.05) is 5.75 Å². The molecule has 0 saturated carbocycles. The molecule has 0 amide bonds. The lowest BCUT2D eigenvalue weighted by Gasteiger charge is -2.24. The fourth-order valence-electron chi connectivity index (χ4n) is 2.02. The first-order valence-electron chi connectivity index (χ1n) is 4.90.